The second kappa shape index (κ2) is 7.80. The van der Waals surface area contributed by atoms with E-state index in [4.69, 9.17) is 5.73 Å². The van der Waals surface area contributed by atoms with Gasteiger partial charge in [0.05, 0.1) is 0 Å². The quantitative estimate of drug-likeness (QED) is 0.262. The number of amides is 1. The molecule has 5 nitrogen and oxygen atoms in total. The van der Waals surface area contributed by atoms with Gasteiger partial charge < -0.3 is 16.3 Å². The van der Waals surface area contributed by atoms with E-state index < -0.39 is 5.41 Å². The van der Waals surface area contributed by atoms with E-state index in [1.54, 1.807) is 0 Å². The lowest BCUT2D eigenvalue weighted by atomic mass is 9.94. The Morgan fingerprint density at radius 1 is 0.862 bits per heavy atom. The molecule has 1 aliphatic rings. The number of hydrogen-bond donors (Lipinski definition) is 3. The van der Waals surface area contributed by atoms with Crippen molar-refractivity contribution in [3.8, 4) is 0 Å². The van der Waals surface area contributed by atoms with Crippen LogP contribution in [0.5, 0.6) is 0 Å². The zero-order valence-electron chi connectivity index (χ0n) is 15.9. The maximum atomic E-state index is 13.5. The van der Waals surface area contributed by atoms with Gasteiger partial charge in [0.15, 0.2) is 5.84 Å². The Kier molecular flexibility index (Phi) is 5.04. The minimum Gasteiger partial charge on any atom is -0.409 e. The highest BCUT2D eigenvalue weighted by molar-refractivity contribution is 6.13. The third-order valence-electron chi connectivity index (χ3n) is 5.73. The molecule has 0 spiro atoms. The predicted octanol–water partition coefficient (Wildman–Crippen LogP) is 3.62. The van der Waals surface area contributed by atoms with Gasteiger partial charge in [-0.25, -0.2) is 0 Å². The number of nitrogens with two attached hydrogens (primary N) is 1. The third-order valence-corrected chi connectivity index (χ3v) is 5.73. The van der Waals surface area contributed by atoms with Gasteiger partial charge in [0, 0.05) is 18.4 Å². The molecule has 0 unspecified atom stereocenters. The van der Waals surface area contributed by atoms with Crippen molar-refractivity contribution in [2.24, 2.45) is 16.3 Å². The molecule has 3 aromatic carbocycles. The largest absolute Gasteiger partial charge is 0.409 e. The highest BCUT2D eigenvalue weighted by Gasteiger charge is 2.73. The molecular formula is C24H23N3O2. The van der Waals surface area contributed by atoms with Crippen molar-refractivity contribution in [1.29, 1.82) is 0 Å². The smallest absolute Gasteiger partial charge is 0.235 e. The molecule has 29 heavy (non-hydrogen) atoms. The first kappa shape index (κ1) is 18.7. The van der Waals surface area contributed by atoms with E-state index in [1.165, 1.54) is 0 Å². The number of oxime groups is 1. The first-order valence-corrected chi connectivity index (χ1v) is 9.59. The molecule has 0 heterocycles. The molecule has 0 aromatic heterocycles. The summed E-state index contributed by atoms with van der Waals surface area (Å²) in [5.74, 6) is -0.722. The third kappa shape index (κ3) is 3.25. The average Bonchev–Trinajstić information content (AvgIpc) is 3.50. The van der Waals surface area contributed by atoms with E-state index >= 15 is 0 Å². The van der Waals surface area contributed by atoms with Crippen LogP contribution in [0.15, 0.2) is 96.2 Å². The van der Waals surface area contributed by atoms with Gasteiger partial charge in [-0.3, -0.25) is 4.79 Å². The van der Waals surface area contributed by atoms with E-state index in [2.05, 4.69) is 10.5 Å². The van der Waals surface area contributed by atoms with Crippen molar-refractivity contribution in [3.05, 3.63) is 108 Å². The van der Waals surface area contributed by atoms with Crippen molar-refractivity contribution in [1.82, 2.24) is 5.32 Å². The van der Waals surface area contributed by atoms with Crippen LogP contribution in [-0.2, 0) is 11.3 Å². The Balaban J connectivity index is 1.73. The van der Waals surface area contributed by atoms with Crippen LogP contribution >= 0.6 is 0 Å². The van der Waals surface area contributed by atoms with Crippen LogP contribution in [0.25, 0.3) is 0 Å². The zero-order chi connectivity index (χ0) is 20.3. The number of rotatable bonds is 6. The summed E-state index contributed by atoms with van der Waals surface area (Å²) in [6.07, 6.45) is 0. The SMILES string of the molecule is N/C(=N\O)C1(C(=O)NCc2ccccc2)[C@@H](c2ccccc2)[C@@H]1c1ccccc1. The predicted molar refractivity (Wildman–Crippen MR) is 112 cm³/mol. The van der Waals surface area contributed by atoms with Crippen LogP contribution < -0.4 is 11.1 Å². The maximum absolute atomic E-state index is 13.5. The highest BCUT2D eigenvalue weighted by atomic mass is 16.4. The fourth-order valence-corrected chi connectivity index (χ4v) is 4.34. The molecule has 2 atom stereocenters. The number of hydrogen-bond acceptors (Lipinski definition) is 3. The van der Waals surface area contributed by atoms with Crippen LogP contribution in [0.3, 0.4) is 0 Å². The minimum absolute atomic E-state index is 0.0641. The lowest BCUT2D eigenvalue weighted by Crippen LogP contribution is -2.42. The van der Waals surface area contributed by atoms with Crippen LogP contribution in [0.2, 0.25) is 0 Å². The first-order valence-electron chi connectivity index (χ1n) is 9.59. The lowest BCUT2D eigenvalue weighted by molar-refractivity contribution is -0.124. The topological polar surface area (TPSA) is 87.7 Å². The zero-order valence-corrected chi connectivity index (χ0v) is 15.9. The summed E-state index contributed by atoms with van der Waals surface area (Å²) in [6, 6.07) is 29.2. The van der Waals surface area contributed by atoms with Crippen LogP contribution in [0.4, 0.5) is 0 Å². The van der Waals surface area contributed by atoms with Crippen LogP contribution in [0.1, 0.15) is 28.5 Å². The van der Waals surface area contributed by atoms with E-state index in [1.807, 2.05) is 91.0 Å². The molecule has 0 radical (unpaired) electrons. The Labute approximate surface area is 169 Å². The molecule has 1 amide bonds. The van der Waals surface area contributed by atoms with Crippen molar-refractivity contribution in [2.75, 3.05) is 0 Å². The summed E-state index contributed by atoms with van der Waals surface area (Å²) in [7, 11) is 0. The summed E-state index contributed by atoms with van der Waals surface area (Å²) in [5.41, 5.74) is 8.01. The van der Waals surface area contributed by atoms with Crippen molar-refractivity contribution < 1.29 is 10.0 Å². The summed E-state index contributed by atoms with van der Waals surface area (Å²) in [4.78, 5) is 13.5. The van der Waals surface area contributed by atoms with Crippen molar-refractivity contribution in [2.45, 2.75) is 18.4 Å². The summed E-state index contributed by atoms with van der Waals surface area (Å²) < 4.78 is 0. The Bertz CT molecular complexity index is 959. The molecule has 5 heteroatoms. The molecule has 0 saturated heterocycles. The van der Waals surface area contributed by atoms with Gasteiger partial charge in [0.1, 0.15) is 5.41 Å². The Hall–Kier alpha value is -3.60. The molecule has 1 fully saturated rings. The number of nitrogens with one attached hydrogen (secondary N) is 1. The Morgan fingerprint density at radius 3 is 1.76 bits per heavy atom. The number of amidine groups is 1. The second-order valence-electron chi connectivity index (χ2n) is 7.30. The molecule has 0 bridgehead atoms. The standard InChI is InChI=1S/C24H23N3O2/c25-22(27-29)24(23(28)26-16-17-10-4-1-5-11-17)20(18-12-6-2-7-13-18)21(24)19-14-8-3-9-15-19/h1-15,20-21,29H,16H2,(H2,25,27)(H,26,28)/t20-,21-/m0/s1. The van der Waals surface area contributed by atoms with Crippen molar-refractivity contribution in [3.63, 3.8) is 0 Å². The summed E-state index contributed by atoms with van der Waals surface area (Å²) in [5, 5.41) is 15.8. The molecule has 1 aliphatic carbocycles. The second-order valence-corrected chi connectivity index (χ2v) is 7.30. The monoisotopic (exact) mass is 385 g/mol. The van der Waals surface area contributed by atoms with Crippen molar-refractivity contribution >= 4 is 11.7 Å². The molecule has 4 N–H and O–H groups in total. The van der Waals surface area contributed by atoms with Gasteiger partial charge in [-0.1, -0.05) is 96.2 Å². The fourth-order valence-electron chi connectivity index (χ4n) is 4.34. The summed E-state index contributed by atoms with van der Waals surface area (Å²) in [6.45, 7) is 0.378. The van der Waals surface area contributed by atoms with Crippen LogP contribution in [0, 0.1) is 5.41 Å². The number of carbonyl (C=O) groups excluding carboxylic acids is 1. The number of nitrogens with zero attached hydrogens (tertiary/aromatic N) is 1. The average molecular weight is 385 g/mol. The normalized spacial score (nSPS) is 23.4. The van der Waals surface area contributed by atoms with Crippen LogP contribution in [-0.4, -0.2) is 17.0 Å². The number of carbonyl (C=O) groups is 1. The fraction of sp³-hybridized carbons (Fsp3) is 0.167. The van der Waals surface area contributed by atoms with E-state index in [0.29, 0.717) is 6.54 Å². The molecule has 1 saturated carbocycles. The lowest BCUT2D eigenvalue weighted by Gasteiger charge is -2.17. The highest BCUT2D eigenvalue weighted by Crippen LogP contribution is 2.70. The first-order chi connectivity index (χ1) is 14.2. The van der Waals surface area contributed by atoms with E-state index in [-0.39, 0.29) is 23.6 Å². The van der Waals surface area contributed by atoms with Gasteiger partial charge in [0.25, 0.3) is 0 Å². The molecule has 146 valence electrons. The molecule has 3 aromatic rings. The molecular weight excluding hydrogens is 362 g/mol. The molecule has 4 rings (SSSR count). The van der Waals surface area contributed by atoms with Gasteiger partial charge in [-0.2, -0.15) is 0 Å². The van der Waals surface area contributed by atoms with Gasteiger partial charge in [0.2, 0.25) is 5.91 Å². The number of benzene rings is 3. The van der Waals surface area contributed by atoms with E-state index in [0.717, 1.165) is 16.7 Å². The minimum atomic E-state index is -1.13. The van der Waals surface area contributed by atoms with Gasteiger partial charge in [-0.05, 0) is 16.7 Å². The van der Waals surface area contributed by atoms with Gasteiger partial charge >= 0.3 is 0 Å². The van der Waals surface area contributed by atoms with Gasteiger partial charge in [-0.15, -0.1) is 0 Å². The van der Waals surface area contributed by atoms with E-state index in [9.17, 15) is 10.0 Å². The summed E-state index contributed by atoms with van der Waals surface area (Å²) >= 11 is 0. The maximum Gasteiger partial charge on any atom is 0.235 e. The molecule has 0 aliphatic heterocycles. The Morgan fingerprint density at radius 2 is 1.31 bits per heavy atom.